The fraction of sp³-hybridized carbons (Fsp3) is 0.462. The molecule has 1 amide bonds. The van der Waals surface area contributed by atoms with E-state index in [1.165, 1.54) is 0 Å². The molecule has 0 spiro atoms. The molecule has 0 radical (unpaired) electrons. The zero-order valence-electron chi connectivity index (χ0n) is 10.4. The highest BCUT2D eigenvalue weighted by molar-refractivity contribution is 9.10. The Labute approximate surface area is 119 Å². The highest BCUT2D eigenvalue weighted by Gasteiger charge is 2.27. The third-order valence-corrected chi connectivity index (χ3v) is 3.76. The van der Waals surface area contributed by atoms with Crippen LogP contribution in [0.4, 0.5) is 0 Å². The summed E-state index contributed by atoms with van der Waals surface area (Å²) in [5.41, 5.74) is 0.432. The third kappa shape index (κ3) is 3.76. The van der Waals surface area contributed by atoms with Crippen molar-refractivity contribution in [2.45, 2.75) is 19.3 Å². The van der Waals surface area contributed by atoms with Gasteiger partial charge in [0, 0.05) is 30.2 Å². The van der Waals surface area contributed by atoms with Crippen LogP contribution in [0.25, 0.3) is 0 Å². The summed E-state index contributed by atoms with van der Waals surface area (Å²) in [6.07, 6.45) is 3.27. The summed E-state index contributed by atoms with van der Waals surface area (Å²) < 4.78 is 0.838. The number of likely N-dealkylation sites (tertiary alicyclic amines) is 1. The molecule has 2 heterocycles. The maximum Gasteiger partial charge on any atom is 0.303 e. The average Bonchev–Trinajstić information content (AvgIpc) is 2.85. The van der Waals surface area contributed by atoms with Crippen LogP contribution in [0.15, 0.2) is 22.8 Å². The SMILES string of the molecule is O=C(O)CCC1CCN(C(=O)c2ccc(Br)cn2)C1. The highest BCUT2D eigenvalue weighted by atomic mass is 79.9. The van der Waals surface area contributed by atoms with Crippen molar-refractivity contribution in [2.24, 2.45) is 5.92 Å². The van der Waals surface area contributed by atoms with Gasteiger partial charge in [-0.25, -0.2) is 4.98 Å². The van der Waals surface area contributed by atoms with Gasteiger partial charge in [-0.2, -0.15) is 0 Å². The number of hydrogen-bond acceptors (Lipinski definition) is 3. The molecule has 102 valence electrons. The highest BCUT2D eigenvalue weighted by Crippen LogP contribution is 2.22. The molecule has 1 aliphatic rings. The van der Waals surface area contributed by atoms with Crippen LogP contribution in [0.5, 0.6) is 0 Å². The van der Waals surface area contributed by atoms with E-state index in [1.54, 1.807) is 23.2 Å². The van der Waals surface area contributed by atoms with Crippen LogP contribution in [-0.2, 0) is 4.79 Å². The monoisotopic (exact) mass is 326 g/mol. The molecular weight excluding hydrogens is 312 g/mol. The maximum absolute atomic E-state index is 12.2. The summed E-state index contributed by atoms with van der Waals surface area (Å²) in [4.78, 5) is 28.5. The molecule has 0 saturated carbocycles. The van der Waals surface area contributed by atoms with Gasteiger partial charge in [0.25, 0.3) is 5.91 Å². The van der Waals surface area contributed by atoms with E-state index in [0.29, 0.717) is 25.2 Å². The quantitative estimate of drug-likeness (QED) is 0.920. The molecule has 1 saturated heterocycles. The van der Waals surface area contributed by atoms with Gasteiger partial charge in [-0.3, -0.25) is 9.59 Å². The average molecular weight is 327 g/mol. The van der Waals surface area contributed by atoms with Crippen LogP contribution in [0, 0.1) is 5.92 Å². The molecule has 0 bridgehead atoms. The van der Waals surface area contributed by atoms with Crippen molar-refractivity contribution in [2.75, 3.05) is 13.1 Å². The van der Waals surface area contributed by atoms with E-state index in [0.717, 1.165) is 10.9 Å². The second-order valence-corrected chi connectivity index (χ2v) is 5.62. The Morgan fingerprint density at radius 1 is 1.47 bits per heavy atom. The summed E-state index contributed by atoms with van der Waals surface area (Å²) in [5.74, 6) is -0.569. The molecule has 2 rings (SSSR count). The molecule has 1 aromatic heterocycles. The van der Waals surface area contributed by atoms with E-state index in [-0.39, 0.29) is 18.2 Å². The minimum atomic E-state index is -0.778. The van der Waals surface area contributed by atoms with Crippen molar-refractivity contribution in [1.82, 2.24) is 9.88 Å². The molecule has 6 heteroatoms. The standard InChI is InChI=1S/C13H15BrN2O3/c14-10-2-3-11(15-7-10)13(19)16-6-5-9(8-16)1-4-12(17)18/h2-3,7,9H,1,4-6,8H2,(H,17,18). The first kappa shape index (κ1) is 14.0. The number of aromatic nitrogens is 1. The molecule has 19 heavy (non-hydrogen) atoms. The third-order valence-electron chi connectivity index (χ3n) is 3.29. The second-order valence-electron chi connectivity index (χ2n) is 4.70. The lowest BCUT2D eigenvalue weighted by Crippen LogP contribution is -2.29. The number of amides is 1. The number of pyridine rings is 1. The molecule has 1 N–H and O–H groups in total. The minimum Gasteiger partial charge on any atom is -0.481 e. The van der Waals surface area contributed by atoms with E-state index >= 15 is 0 Å². The van der Waals surface area contributed by atoms with Crippen molar-refractivity contribution in [1.29, 1.82) is 0 Å². The van der Waals surface area contributed by atoms with Gasteiger partial charge in [-0.1, -0.05) is 0 Å². The Bertz CT molecular complexity index is 475. The first-order valence-electron chi connectivity index (χ1n) is 6.19. The van der Waals surface area contributed by atoms with Crippen molar-refractivity contribution in [3.05, 3.63) is 28.5 Å². The number of halogens is 1. The fourth-order valence-corrected chi connectivity index (χ4v) is 2.48. The predicted octanol–water partition coefficient (Wildman–Crippen LogP) is 2.17. The van der Waals surface area contributed by atoms with E-state index in [4.69, 9.17) is 5.11 Å². The summed E-state index contributed by atoms with van der Waals surface area (Å²) in [6, 6.07) is 3.48. The molecular formula is C13H15BrN2O3. The van der Waals surface area contributed by atoms with E-state index < -0.39 is 5.97 Å². The van der Waals surface area contributed by atoms with Crippen LogP contribution < -0.4 is 0 Å². The van der Waals surface area contributed by atoms with Gasteiger partial charge in [0.05, 0.1) is 0 Å². The van der Waals surface area contributed by atoms with Gasteiger partial charge in [-0.15, -0.1) is 0 Å². The number of rotatable bonds is 4. The number of aliphatic carboxylic acids is 1. The van der Waals surface area contributed by atoms with Crippen LogP contribution in [0.2, 0.25) is 0 Å². The van der Waals surface area contributed by atoms with E-state index in [9.17, 15) is 9.59 Å². The van der Waals surface area contributed by atoms with E-state index in [2.05, 4.69) is 20.9 Å². The summed E-state index contributed by atoms with van der Waals surface area (Å²) in [5, 5.41) is 8.66. The lowest BCUT2D eigenvalue weighted by molar-refractivity contribution is -0.137. The largest absolute Gasteiger partial charge is 0.481 e. The fourth-order valence-electron chi connectivity index (χ4n) is 2.24. The molecule has 5 nitrogen and oxygen atoms in total. The Hall–Kier alpha value is -1.43. The van der Waals surface area contributed by atoms with Crippen molar-refractivity contribution in [3.8, 4) is 0 Å². The zero-order valence-corrected chi connectivity index (χ0v) is 12.0. The number of carbonyl (C=O) groups is 2. The summed E-state index contributed by atoms with van der Waals surface area (Å²) in [7, 11) is 0. The van der Waals surface area contributed by atoms with Crippen molar-refractivity contribution in [3.63, 3.8) is 0 Å². The van der Waals surface area contributed by atoms with Gasteiger partial charge < -0.3 is 10.0 Å². The number of nitrogens with zero attached hydrogens (tertiary/aromatic N) is 2. The lowest BCUT2D eigenvalue weighted by Gasteiger charge is -2.15. The molecule has 1 aliphatic heterocycles. The molecule has 1 fully saturated rings. The topological polar surface area (TPSA) is 70.5 Å². The first-order valence-corrected chi connectivity index (χ1v) is 6.98. The number of carboxylic acid groups (broad SMARTS) is 1. The molecule has 1 unspecified atom stereocenters. The van der Waals surface area contributed by atoms with Crippen molar-refractivity contribution >= 4 is 27.8 Å². The predicted molar refractivity (Wildman–Crippen MR) is 72.8 cm³/mol. The van der Waals surface area contributed by atoms with E-state index in [1.807, 2.05) is 0 Å². The molecule has 0 aliphatic carbocycles. The molecule has 1 atom stereocenters. The van der Waals surface area contributed by atoms with Crippen LogP contribution in [0.1, 0.15) is 29.8 Å². The maximum atomic E-state index is 12.2. The van der Waals surface area contributed by atoms with Gasteiger partial charge in [0.15, 0.2) is 0 Å². The minimum absolute atomic E-state index is 0.0784. The van der Waals surface area contributed by atoms with Gasteiger partial charge >= 0.3 is 5.97 Å². The Morgan fingerprint density at radius 2 is 2.26 bits per heavy atom. The molecule has 0 aromatic carbocycles. The Balaban J connectivity index is 1.91. The molecule has 1 aromatic rings. The van der Waals surface area contributed by atoms with Crippen LogP contribution >= 0.6 is 15.9 Å². The smallest absolute Gasteiger partial charge is 0.303 e. The van der Waals surface area contributed by atoms with Crippen LogP contribution in [-0.4, -0.2) is 40.0 Å². The zero-order chi connectivity index (χ0) is 13.8. The normalized spacial score (nSPS) is 18.6. The van der Waals surface area contributed by atoms with Gasteiger partial charge in [0.2, 0.25) is 0 Å². The van der Waals surface area contributed by atoms with Crippen molar-refractivity contribution < 1.29 is 14.7 Å². The lowest BCUT2D eigenvalue weighted by atomic mass is 10.0. The summed E-state index contributed by atoms with van der Waals surface area (Å²) in [6.45, 7) is 1.31. The first-order chi connectivity index (χ1) is 9.06. The Morgan fingerprint density at radius 3 is 2.89 bits per heavy atom. The second kappa shape index (κ2) is 6.14. The van der Waals surface area contributed by atoms with Crippen LogP contribution in [0.3, 0.4) is 0 Å². The summed E-state index contributed by atoms with van der Waals surface area (Å²) >= 11 is 3.28. The number of carbonyl (C=O) groups excluding carboxylic acids is 1. The van der Waals surface area contributed by atoms with Gasteiger partial charge in [0.1, 0.15) is 5.69 Å². The Kier molecular flexibility index (Phi) is 4.52. The number of hydrogen-bond donors (Lipinski definition) is 1. The number of carboxylic acids is 1. The van der Waals surface area contributed by atoms with Gasteiger partial charge in [-0.05, 0) is 46.8 Å².